The lowest BCUT2D eigenvalue weighted by Gasteiger charge is -2.09. The van der Waals surface area contributed by atoms with Gasteiger partial charge in [0, 0.05) is 21.8 Å². The summed E-state index contributed by atoms with van der Waals surface area (Å²) in [6.45, 7) is 0. The molecular weight excluding hydrogens is 566 g/mol. The standard InChI is InChI=1S/C28H19N5O8S/c29-17-6-5-14-12-24(42(39,40)41)25(26(34)21(14)13-17)33-32-23-8-7-22(19-3-1-2-4-20(19)23)31-30-18-10-15(27(35)36)9-16(11-18)28(37)38/h1-13,34H,29H2,(H,35,36)(H,37,38)(H,39,40,41). The minimum Gasteiger partial charge on any atom is -0.505 e. The average Bonchev–Trinajstić information content (AvgIpc) is 2.95. The summed E-state index contributed by atoms with van der Waals surface area (Å²) < 4.78 is 34.0. The summed E-state index contributed by atoms with van der Waals surface area (Å²) in [6.07, 6.45) is 0. The highest BCUT2D eigenvalue weighted by Gasteiger charge is 2.22. The van der Waals surface area contributed by atoms with Gasteiger partial charge >= 0.3 is 11.9 Å². The molecule has 6 N–H and O–H groups in total. The fourth-order valence-corrected chi connectivity index (χ4v) is 4.88. The van der Waals surface area contributed by atoms with E-state index in [1.807, 2.05) is 0 Å². The maximum absolute atomic E-state index is 12.1. The highest BCUT2D eigenvalue weighted by Crippen LogP contribution is 2.43. The highest BCUT2D eigenvalue weighted by atomic mass is 32.2. The third-order valence-electron chi connectivity index (χ3n) is 6.18. The molecule has 0 aliphatic heterocycles. The predicted octanol–water partition coefficient (Wildman–Crippen LogP) is 6.75. The highest BCUT2D eigenvalue weighted by molar-refractivity contribution is 7.86. The quantitative estimate of drug-likeness (QED) is 0.0771. The van der Waals surface area contributed by atoms with Gasteiger partial charge in [-0.25, -0.2) is 9.59 Å². The van der Waals surface area contributed by atoms with Crippen molar-refractivity contribution in [2.45, 2.75) is 4.90 Å². The predicted molar refractivity (Wildman–Crippen MR) is 153 cm³/mol. The number of azo groups is 2. The summed E-state index contributed by atoms with van der Waals surface area (Å²) in [6, 6.07) is 18.8. The number of benzene rings is 5. The first kappa shape index (κ1) is 27.8. The van der Waals surface area contributed by atoms with Gasteiger partial charge in [-0.2, -0.15) is 13.5 Å². The molecule has 0 saturated heterocycles. The Balaban J connectivity index is 1.59. The molecule has 5 aromatic rings. The number of rotatable bonds is 7. The minimum atomic E-state index is -4.81. The van der Waals surface area contributed by atoms with Crippen molar-refractivity contribution in [1.29, 1.82) is 0 Å². The van der Waals surface area contributed by atoms with E-state index in [1.54, 1.807) is 24.3 Å². The number of nitrogens with two attached hydrogens (primary N) is 1. The fourth-order valence-electron chi connectivity index (χ4n) is 4.22. The third kappa shape index (κ3) is 5.47. The molecule has 14 heteroatoms. The molecule has 0 spiro atoms. The Labute approximate surface area is 236 Å². The average molecular weight is 586 g/mol. The first-order valence-electron chi connectivity index (χ1n) is 11.9. The number of hydrogen-bond acceptors (Lipinski definition) is 10. The number of phenolic OH excluding ortho intramolecular Hbond substituents is 1. The van der Waals surface area contributed by atoms with Crippen LogP contribution in [-0.4, -0.2) is 40.2 Å². The lowest BCUT2D eigenvalue weighted by Crippen LogP contribution is -2.01. The van der Waals surface area contributed by atoms with Gasteiger partial charge in [0.1, 0.15) is 10.6 Å². The van der Waals surface area contributed by atoms with E-state index in [1.165, 1.54) is 42.5 Å². The molecule has 5 aromatic carbocycles. The van der Waals surface area contributed by atoms with Crippen molar-refractivity contribution in [3.8, 4) is 5.75 Å². The number of carbonyl (C=O) groups is 2. The topological polar surface area (TPSA) is 225 Å². The van der Waals surface area contributed by atoms with Crippen molar-refractivity contribution >= 4 is 72.0 Å². The molecule has 0 heterocycles. The number of fused-ring (bicyclic) bond motifs is 2. The number of hydrogen-bond donors (Lipinski definition) is 5. The number of aromatic carboxylic acids is 2. The van der Waals surface area contributed by atoms with Gasteiger partial charge in [0.15, 0.2) is 5.75 Å². The van der Waals surface area contributed by atoms with Crippen LogP contribution < -0.4 is 5.73 Å². The molecule has 0 aliphatic rings. The molecule has 13 nitrogen and oxygen atoms in total. The van der Waals surface area contributed by atoms with Crippen LogP contribution >= 0.6 is 0 Å². The molecule has 0 radical (unpaired) electrons. The lowest BCUT2D eigenvalue weighted by atomic mass is 10.1. The molecule has 42 heavy (non-hydrogen) atoms. The van der Waals surface area contributed by atoms with E-state index in [2.05, 4.69) is 20.5 Å². The van der Waals surface area contributed by atoms with Crippen LogP contribution in [0.2, 0.25) is 0 Å². The Kier molecular flexibility index (Phi) is 7.08. The molecule has 0 aliphatic carbocycles. The van der Waals surface area contributed by atoms with Crippen molar-refractivity contribution < 1.29 is 37.9 Å². The zero-order chi connectivity index (χ0) is 30.2. The maximum Gasteiger partial charge on any atom is 0.335 e. The van der Waals surface area contributed by atoms with E-state index in [-0.39, 0.29) is 27.9 Å². The molecule has 5 rings (SSSR count). The summed E-state index contributed by atoms with van der Waals surface area (Å²) in [5.41, 5.74) is 5.67. The lowest BCUT2D eigenvalue weighted by molar-refractivity contribution is 0.0696. The third-order valence-corrected chi connectivity index (χ3v) is 7.04. The molecule has 0 atom stereocenters. The Morgan fingerprint density at radius 2 is 1.26 bits per heavy atom. The maximum atomic E-state index is 12.1. The summed E-state index contributed by atoms with van der Waals surface area (Å²) >= 11 is 0. The van der Waals surface area contributed by atoms with Crippen LogP contribution in [0.1, 0.15) is 20.7 Å². The fraction of sp³-hybridized carbons (Fsp3) is 0. The van der Waals surface area contributed by atoms with Crippen LogP contribution in [0.15, 0.2) is 104 Å². The van der Waals surface area contributed by atoms with Crippen LogP contribution in [-0.2, 0) is 10.1 Å². The van der Waals surface area contributed by atoms with Gasteiger partial charge in [-0.05, 0) is 53.9 Å². The van der Waals surface area contributed by atoms with Gasteiger partial charge in [-0.1, -0.05) is 30.3 Å². The summed E-state index contributed by atoms with van der Waals surface area (Å²) in [4.78, 5) is 22.2. The first-order chi connectivity index (χ1) is 19.9. The monoisotopic (exact) mass is 585 g/mol. The van der Waals surface area contributed by atoms with E-state index in [4.69, 9.17) is 5.73 Å². The Hall–Kier alpha value is -5.73. The van der Waals surface area contributed by atoms with Crippen LogP contribution in [0, 0.1) is 0 Å². The van der Waals surface area contributed by atoms with E-state index < -0.39 is 38.4 Å². The van der Waals surface area contributed by atoms with Crippen LogP contribution in [0.5, 0.6) is 5.75 Å². The van der Waals surface area contributed by atoms with E-state index in [0.29, 0.717) is 27.5 Å². The molecular formula is C28H19N5O8S. The second kappa shape index (κ2) is 10.7. The van der Waals surface area contributed by atoms with E-state index >= 15 is 0 Å². The summed E-state index contributed by atoms with van der Waals surface area (Å²) in [5, 5.41) is 47.3. The number of phenols is 1. The molecule has 0 bridgehead atoms. The van der Waals surface area contributed by atoms with Crippen molar-refractivity contribution in [2.24, 2.45) is 20.5 Å². The number of nitrogens with zero attached hydrogens (tertiary/aromatic N) is 4. The molecule has 0 amide bonds. The van der Waals surface area contributed by atoms with Gasteiger partial charge in [0.25, 0.3) is 10.1 Å². The van der Waals surface area contributed by atoms with Crippen molar-refractivity contribution in [1.82, 2.24) is 0 Å². The van der Waals surface area contributed by atoms with E-state index in [0.717, 1.165) is 12.1 Å². The Morgan fingerprint density at radius 3 is 1.81 bits per heavy atom. The number of carboxylic acids is 2. The molecule has 210 valence electrons. The first-order valence-corrected chi connectivity index (χ1v) is 13.4. The Morgan fingerprint density at radius 1 is 0.690 bits per heavy atom. The largest absolute Gasteiger partial charge is 0.505 e. The van der Waals surface area contributed by atoms with Crippen LogP contribution in [0.25, 0.3) is 21.5 Å². The van der Waals surface area contributed by atoms with Gasteiger partial charge in [0.05, 0.1) is 28.2 Å². The van der Waals surface area contributed by atoms with Crippen molar-refractivity contribution in [3.63, 3.8) is 0 Å². The molecule has 0 aromatic heterocycles. The molecule has 0 unspecified atom stereocenters. The summed E-state index contributed by atoms with van der Waals surface area (Å²) in [5.74, 6) is -3.20. The molecule has 0 fully saturated rings. The van der Waals surface area contributed by atoms with Crippen LogP contribution in [0.4, 0.5) is 28.4 Å². The Bertz CT molecular complexity index is 2080. The number of anilines is 1. The van der Waals surface area contributed by atoms with Crippen molar-refractivity contribution in [2.75, 3.05) is 5.73 Å². The smallest absolute Gasteiger partial charge is 0.335 e. The molecule has 0 saturated carbocycles. The number of carboxylic acid groups (broad SMARTS) is 2. The number of aromatic hydroxyl groups is 1. The SMILES string of the molecule is Nc1ccc2cc(S(=O)(=O)O)c(N=Nc3ccc(N=Nc4cc(C(=O)O)cc(C(=O)O)c4)c4ccccc34)c(O)c2c1. The van der Waals surface area contributed by atoms with Gasteiger partial charge in [-0.15, -0.1) is 15.3 Å². The van der Waals surface area contributed by atoms with Crippen molar-refractivity contribution in [3.05, 3.63) is 90.0 Å². The second-order valence-corrected chi connectivity index (χ2v) is 10.3. The second-order valence-electron chi connectivity index (χ2n) is 8.96. The summed E-state index contributed by atoms with van der Waals surface area (Å²) in [7, 11) is -4.81. The van der Waals surface area contributed by atoms with E-state index in [9.17, 15) is 37.9 Å². The van der Waals surface area contributed by atoms with Gasteiger partial charge < -0.3 is 21.1 Å². The zero-order valence-corrected chi connectivity index (χ0v) is 22.0. The minimum absolute atomic E-state index is 0.00491. The van der Waals surface area contributed by atoms with Gasteiger partial charge in [0.2, 0.25) is 0 Å². The normalized spacial score (nSPS) is 12.0. The number of nitrogen functional groups attached to an aromatic ring is 1. The van der Waals surface area contributed by atoms with Gasteiger partial charge in [-0.3, -0.25) is 4.55 Å². The van der Waals surface area contributed by atoms with Crippen LogP contribution in [0.3, 0.4) is 0 Å². The zero-order valence-electron chi connectivity index (χ0n) is 21.2.